The Balaban J connectivity index is 2.41. The lowest BCUT2D eigenvalue weighted by Gasteiger charge is -2.15. The topological polar surface area (TPSA) is 38.9 Å². The second-order valence-corrected chi connectivity index (χ2v) is 5.93. The molecular formula is C13H12ClF3N2S. The SMILES string of the molecule is Cc1nc(N)sc1C(C)c1ccc(C(F)(F)F)cc1Cl. The Labute approximate surface area is 123 Å². The van der Waals surface area contributed by atoms with Gasteiger partial charge in [0.15, 0.2) is 5.13 Å². The predicted molar refractivity (Wildman–Crippen MR) is 75.2 cm³/mol. The number of aromatic nitrogens is 1. The largest absolute Gasteiger partial charge is 0.416 e. The molecule has 2 aromatic rings. The highest BCUT2D eigenvalue weighted by Crippen LogP contribution is 2.38. The van der Waals surface area contributed by atoms with E-state index in [4.69, 9.17) is 17.3 Å². The van der Waals surface area contributed by atoms with Gasteiger partial charge in [0.1, 0.15) is 0 Å². The molecule has 2 rings (SSSR count). The van der Waals surface area contributed by atoms with E-state index in [1.54, 1.807) is 0 Å². The summed E-state index contributed by atoms with van der Waals surface area (Å²) in [5.74, 6) is -0.153. The van der Waals surface area contributed by atoms with Crippen LogP contribution in [0.4, 0.5) is 18.3 Å². The van der Waals surface area contributed by atoms with Crippen LogP contribution in [0.3, 0.4) is 0 Å². The quantitative estimate of drug-likeness (QED) is 0.858. The number of nitrogens with two attached hydrogens (primary N) is 1. The Hall–Kier alpha value is -1.27. The van der Waals surface area contributed by atoms with Crippen molar-refractivity contribution in [1.82, 2.24) is 4.98 Å². The lowest BCUT2D eigenvalue weighted by atomic mass is 9.97. The summed E-state index contributed by atoms with van der Waals surface area (Å²) in [7, 11) is 0. The number of nitrogens with zero attached hydrogens (tertiary/aromatic N) is 1. The van der Waals surface area contributed by atoms with Crippen molar-refractivity contribution < 1.29 is 13.2 Å². The summed E-state index contributed by atoms with van der Waals surface area (Å²) < 4.78 is 37.8. The second-order valence-electron chi connectivity index (χ2n) is 4.46. The van der Waals surface area contributed by atoms with Crippen LogP contribution < -0.4 is 5.73 Å². The van der Waals surface area contributed by atoms with Gasteiger partial charge in [-0.2, -0.15) is 13.2 Å². The minimum Gasteiger partial charge on any atom is -0.375 e. The first-order valence-corrected chi connectivity index (χ1v) is 6.99. The molecule has 0 spiro atoms. The molecule has 0 amide bonds. The standard InChI is InChI=1S/C13H12ClF3N2S/c1-6(11-7(2)19-12(18)20-11)9-4-3-8(5-10(9)14)13(15,16)17/h3-6H,1-2H3,(H2,18,19). The van der Waals surface area contributed by atoms with Gasteiger partial charge in [-0.25, -0.2) is 4.98 Å². The number of anilines is 1. The average molecular weight is 321 g/mol. The Bertz CT molecular complexity index is 637. The van der Waals surface area contributed by atoms with E-state index < -0.39 is 11.7 Å². The fraction of sp³-hybridized carbons (Fsp3) is 0.308. The second kappa shape index (κ2) is 5.26. The molecule has 0 aliphatic rings. The maximum Gasteiger partial charge on any atom is 0.416 e. The van der Waals surface area contributed by atoms with Crippen molar-refractivity contribution in [3.8, 4) is 0 Å². The van der Waals surface area contributed by atoms with Crippen molar-refractivity contribution in [2.75, 3.05) is 5.73 Å². The van der Waals surface area contributed by atoms with E-state index in [2.05, 4.69) is 4.98 Å². The van der Waals surface area contributed by atoms with Crippen molar-refractivity contribution in [1.29, 1.82) is 0 Å². The number of halogens is 4. The molecule has 1 aromatic carbocycles. The molecule has 1 unspecified atom stereocenters. The summed E-state index contributed by atoms with van der Waals surface area (Å²) in [6, 6.07) is 3.40. The molecule has 0 bridgehead atoms. The number of thiazole rings is 1. The van der Waals surface area contributed by atoms with Gasteiger partial charge in [0.2, 0.25) is 0 Å². The Morgan fingerprint density at radius 2 is 2.00 bits per heavy atom. The van der Waals surface area contributed by atoms with Gasteiger partial charge in [-0.05, 0) is 24.6 Å². The average Bonchev–Trinajstić information content (AvgIpc) is 2.66. The van der Waals surface area contributed by atoms with Crippen molar-refractivity contribution >= 4 is 28.1 Å². The zero-order valence-electron chi connectivity index (χ0n) is 10.8. The van der Waals surface area contributed by atoms with Gasteiger partial charge >= 0.3 is 6.18 Å². The molecule has 2 N–H and O–H groups in total. The number of benzene rings is 1. The lowest BCUT2D eigenvalue weighted by Crippen LogP contribution is -2.06. The van der Waals surface area contributed by atoms with Gasteiger partial charge in [-0.1, -0.05) is 24.6 Å². The molecule has 0 radical (unpaired) electrons. The van der Waals surface area contributed by atoms with E-state index in [1.807, 2.05) is 13.8 Å². The van der Waals surface area contributed by atoms with Crippen molar-refractivity contribution in [3.05, 3.63) is 44.9 Å². The van der Waals surface area contributed by atoms with Crippen molar-refractivity contribution in [2.24, 2.45) is 0 Å². The van der Waals surface area contributed by atoms with Crippen LogP contribution in [0, 0.1) is 6.92 Å². The minimum absolute atomic E-state index is 0.0960. The fourth-order valence-corrected chi connectivity index (χ4v) is 3.28. The van der Waals surface area contributed by atoms with E-state index in [1.165, 1.54) is 17.4 Å². The number of nitrogen functional groups attached to an aromatic ring is 1. The van der Waals surface area contributed by atoms with Crippen LogP contribution in [0.1, 0.15) is 34.5 Å². The highest BCUT2D eigenvalue weighted by atomic mass is 35.5. The highest BCUT2D eigenvalue weighted by molar-refractivity contribution is 7.15. The lowest BCUT2D eigenvalue weighted by molar-refractivity contribution is -0.137. The third-order valence-corrected chi connectivity index (χ3v) is 4.53. The number of hydrogen-bond donors (Lipinski definition) is 1. The maximum atomic E-state index is 12.6. The smallest absolute Gasteiger partial charge is 0.375 e. The summed E-state index contributed by atoms with van der Waals surface area (Å²) in [5.41, 5.74) is 6.29. The van der Waals surface area contributed by atoms with Crippen LogP contribution in [0.15, 0.2) is 18.2 Å². The van der Waals surface area contributed by atoms with Crippen LogP contribution in [-0.2, 0) is 6.18 Å². The van der Waals surface area contributed by atoms with Crippen LogP contribution in [0.5, 0.6) is 0 Å². The molecule has 0 aliphatic carbocycles. The zero-order valence-corrected chi connectivity index (χ0v) is 12.3. The van der Waals surface area contributed by atoms with Gasteiger partial charge in [-0.15, -0.1) is 11.3 Å². The Morgan fingerprint density at radius 1 is 1.35 bits per heavy atom. The molecule has 7 heteroatoms. The molecule has 1 atom stereocenters. The van der Waals surface area contributed by atoms with Crippen LogP contribution in [-0.4, -0.2) is 4.98 Å². The van der Waals surface area contributed by atoms with Gasteiger partial charge in [0, 0.05) is 15.8 Å². The zero-order chi connectivity index (χ0) is 15.1. The molecule has 20 heavy (non-hydrogen) atoms. The first kappa shape index (κ1) is 15.1. The van der Waals surface area contributed by atoms with E-state index in [0.717, 1.165) is 22.7 Å². The summed E-state index contributed by atoms with van der Waals surface area (Å²) in [4.78, 5) is 5.02. The van der Waals surface area contributed by atoms with Crippen molar-refractivity contribution in [3.63, 3.8) is 0 Å². The van der Waals surface area contributed by atoms with E-state index in [0.29, 0.717) is 10.7 Å². The minimum atomic E-state index is -4.39. The Kier molecular flexibility index (Phi) is 3.97. The number of aryl methyl sites for hydroxylation is 1. The first-order chi connectivity index (χ1) is 9.20. The molecule has 0 saturated carbocycles. The van der Waals surface area contributed by atoms with Gasteiger partial charge in [0.25, 0.3) is 0 Å². The van der Waals surface area contributed by atoms with Gasteiger partial charge in [0.05, 0.1) is 11.3 Å². The molecule has 108 valence electrons. The predicted octanol–water partition coefficient (Wildman–Crippen LogP) is 4.86. The fourth-order valence-electron chi connectivity index (χ4n) is 2.03. The van der Waals surface area contributed by atoms with E-state index in [-0.39, 0.29) is 10.9 Å². The Morgan fingerprint density at radius 3 is 2.45 bits per heavy atom. The molecular weight excluding hydrogens is 309 g/mol. The van der Waals surface area contributed by atoms with Crippen molar-refractivity contribution in [2.45, 2.75) is 25.9 Å². The van der Waals surface area contributed by atoms with Gasteiger partial charge < -0.3 is 5.73 Å². The molecule has 0 fully saturated rings. The molecule has 1 heterocycles. The molecule has 1 aromatic heterocycles. The normalized spacial score (nSPS) is 13.5. The maximum absolute atomic E-state index is 12.6. The summed E-state index contributed by atoms with van der Waals surface area (Å²) in [6.07, 6.45) is -4.39. The third kappa shape index (κ3) is 2.91. The summed E-state index contributed by atoms with van der Waals surface area (Å²) >= 11 is 7.31. The van der Waals surface area contributed by atoms with Crippen LogP contribution >= 0.6 is 22.9 Å². The number of rotatable bonds is 2. The molecule has 0 saturated heterocycles. The number of hydrogen-bond acceptors (Lipinski definition) is 3. The summed E-state index contributed by atoms with van der Waals surface area (Å²) in [6.45, 7) is 3.69. The van der Waals surface area contributed by atoms with Gasteiger partial charge in [-0.3, -0.25) is 0 Å². The third-order valence-electron chi connectivity index (χ3n) is 3.04. The molecule has 0 aliphatic heterocycles. The monoisotopic (exact) mass is 320 g/mol. The van der Waals surface area contributed by atoms with Crippen LogP contribution in [0.2, 0.25) is 5.02 Å². The summed E-state index contributed by atoms with van der Waals surface area (Å²) in [5, 5.41) is 0.533. The van der Waals surface area contributed by atoms with E-state index in [9.17, 15) is 13.2 Å². The van der Waals surface area contributed by atoms with Crippen LogP contribution in [0.25, 0.3) is 0 Å². The van der Waals surface area contributed by atoms with E-state index >= 15 is 0 Å². The first-order valence-electron chi connectivity index (χ1n) is 5.79. The highest BCUT2D eigenvalue weighted by Gasteiger charge is 2.31. The number of alkyl halides is 3. The molecule has 2 nitrogen and oxygen atoms in total.